The van der Waals surface area contributed by atoms with E-state index >= 15 is 0 Å². The minimum absolute atomic E-state index is 0.00158. The van der Waals surface area contributed by atoms with Crippen molar-refractivity contribution in [2.75, 3.05) is 0 Å². The number of hydrogen-bond acceptors (Lipinski definition) is 3. The largest absolute Gasteiger partial charge is 0.294 e. The highest BCUT2D eigenvalue weighted by Crippen LogP contribution is 2.17. The van der Waals surface area contributed by atoms with Crippen LogP contribution in [-0.2, 0) is 0 Å². The van der Waals surface area contributed by atoms with E-state index in [-0.39, 0.29) is 5.78 Å². The van der Waals surface area contributed by atoms with Crippen molar-refractivity contribution >= 4 is 5.78 Å². The first-order valence-corrected chi connectivity index (χ1v) is 5.49. The van der Waals surface area contributed by atoms with E-state index in [2.05, 4.69) is 9.97 Å². The summed E-state index contributed by atoms with van der Waals surface area (Å²) in [6.45, 7) is 5.38. The summed E-state index contributed by atoms with van der Waals surface area (Å²) in [5.74, 6) is 0.662. The lowest BCUT2D eigenvalue weighted by atomic mass is 10.1. The lowest BCUT2D eigenvalue weighted by molar-refractivity contribution is 0.101. The second kappa shape index (κ2) is 4.45. The van der Waals surface area contributed by atoms with Crippen LogP contribution in [0.2, 0.25) is 0 Å². The molecule has 0 atom stereocenters. The predicted octanol–water partition coefficient (Wildman–Crippen LogP) is 2.96. The summed E-state index contributed by atoms with van der Waals surface area (Å²) >= 11 is 0. The second-order valence-corrected chi connectivity index (χ2v) is 4.12. The van der Waals surface area contributed by atoms with Crippen LogP contribution >= 0.6 is 0 Å². The average molecular weight is 226 g/mol. The maximum atomic E-state index is 11.3. The number of ketones is 1. The summed E-state index contributed by atoms with van der Waals surface area (Å²) in [6.07, 6.45) is 1.60. The Kier molecular flexibility index (Phi) is 3.00. The lowest BCUT2D eigenvalue weighted by Crippen LogP contribution is -2.02. The minimum atomic E-state index is -0.00158. The maximum absolute atomic E-state index is 11.3. The molecule has 0 spiro atoms. The van der Waals surface area contributed by atoms with Crippen LogP contribution in [0.1, 0.15) is 28.5 Å². The highest BCUT2D eigenvalue weighted by molar-refractivity contribution is 5.94. The van der Waals surface area contributed by atoms with E-state index < -0.39 is 0 Å². The van der Waals surface area contributed by atoms with Gasteiger partial charge < -0.3 is 0 Å². The van der Waals surface area contributed by atoms with Crippen LogP contribution in [0.4, 0.5) is 0 Å². The number of aromatic nitrogens is 2. The van der Waals surface area contributed by atoms with Crippen molar-refractivity contribution in [2.24, 2.45) is 0 Å². The van der Waals surface area contributed by atoms with E-state index in [1.807, 2.05) is 38.1 Å². The number of carbonyl (C=O) groups excluding carboxylic acids is 1. The van der Waals surface area contributed by atoms with E-state index in [1.165, 1.54) is 12.5 Å². The molecule has 0 saturated carbocycles. The standard InChI is InChI=1S/C14H14N2O/c1-9-5-4-6-12(7-9)14-15-8-13(11(3)17)10(2)16-14/h4-8H,1-3H3. The normalized spacial score (nSPS) is 10.3. The van der Waals surface area contributed by atoms with Crippen LogP contribution in [0.5, 0.6) is 0 Å². The molecule has 0 bridgehead atoms. The molecular weight excluding hydrogens is 212 g/mol. The lowest BCUT2D eigenvalue weighted by Gasteiger charge is -2.05. The Balaban J connectivity index is 2.48. The van der Waals surface area contributed by atoms with E-state index in [4.69, 9.17) is 0 Å². The molecular formula is C14H14N2O. The SMILES string of the molecule is CC(=O)c1cnc(-c2cccc(C)c2)nc1C. The molecule has 0 radical (unpaired) electrons. The number of benzene rings is 1. The summed E-state index contributed by atoms with van der Waals surface area (Å²) in [5, 5.41) is 0. The summed E-state index contributed by atoms with van der Waals surface area (Å²) in [4.78, 5) is 19.9. The highest BCUT2D eigenvalue weighted by atomic mass is 16.1. The molecule has 17 heavy (non-hydrogen) atoms. The molecule has 0 aliphatic heterocycles. The van der Waals surface area contributed by atoms with Gasteiger partial charge in [-0.2, -0.15) is 0 Å². The minimum Gasteiger partial charge on any atom is -0.294 e. The molecule has 2 aromatic rings. The Hall–Kier alpha value is -2.03. The van der Waals surface area contributed by atoms with Crippen LogP contribution < -0.4 is 0 Å². The fourth-order valence-electron chi connectivity index (χ4n) is 1.74. The topological polar surface area (TPSA) is 42.9 Å². The molecule has 0 fully saturated rings. The van der Waals surface area contributed by atoms with Crippen LogP contribution in [0.15, 0.2) is 30.5 Å². The van der Waals surface area contributed by atoms with Crippen molar-refractivity contribution in [3.63, 3.8) is 0 Å². The molecule has 1 heterocycles. The first-order valence-electron chi connectivity index (χ1n) is 5.49. The van der Waals surface area contributed by atoms with Gasteiger partial charge in [0, 0.05) is 11.8 Å². The van der Waals surface area contributed by atoms with E-state index in [9.17, 15) is 4.79 Å². The molecule has 0 saturated heterocycles. The summed E-state index contributed by atoms with van der Waals surface area (Å²) in [5.41, 5.74) is 3.45. The van der Waals surface area contributed by atoms with Crippen LogP contribution in [0, 0.1) is 13.8 Å². The third kappa shape index (κ3) is 2.38. The van der Waals surface area contributed by atoms with E-state index in [0.717, 1.165) is 11.3 Å². The Morgan fingerprint density at radius 1 is 1.24 bits per heavy atom. The van der Waals surface area contributed by atoms with Gasteiger partial charge >= 0.3 is 0 Å². The fourth-order valence-corrected chi connectivity index (χ4v) is 1.74. The van der Waals surface area contributed by atoms with Crippen molar-refractivity contribution in [1.29, 1.82) is 0 Å². The molecule has 3 heteroatoms. The highest BCUT2D eigenvalue weighted by Gasteiger charge is 2.08. The molecule has 2 rings (SSSR count). The molecule has 0 amide bonds. The zero-order valence-electron chi connectivity index (χ0n) is 10.2. The quantitative estimate of drug-likeness (QED) is 0.739. The fraction of sp³-hybridized carbons (Fsp3) is 0.214. The van der Waals surface area contributed by atoms with E-state index in [1.54, 1.807) is 6.20 Å². The number of hydrogen-bond donors (Lipinski definition) is 0. The van der Waals surface area contributed by atoms with Gasteiger partial charge in [0.1, 0.15) is 0 Å². The van der Waals surface area contributed by atoms with Gasteiger partial charge in [0.2, 0.25) is 0 Å². The van der Waals surface area contributed by atoms with E-state index in [0.29, 0.717) is 11.4 Å². The summed E-state index contributed by atoms with van der Waals surface area (Å²) in [6, 6.07) is 8.00. The Labute approximate surface area is 101 Å². The van der Waals surface area contributed by atoms with Gasteiger partial charge in [-0.05, 0) is 26.8 Å². The molecule has 0 unspecified atom stereocenters. The van der Waals surface area contributed by atoms with Crippen molar-refractivity contribution < 1.29 is 4.79 Å². The zero-order chi connectivity index (χ0) is 12.4. The maximum Gasteiger partial charge on any atom is 0.163 e. The van der Waals surface area contributed by atoms with Crippen LogP contribution in [-0.4, -0.2) is 15.8 Å². The van der Waals surface area contributed by atoms with Gasteiger partial charge in [-0.3, -0.25) is 4.79 Å². The Morgan fingerprint density at radius 3 is 2.59 bits per heavy atom. The molecule has 1 aromatic heterocycles. The third-order valence-corrected chi connectivity index (χ3v) is 2.63. The van der Waals surface area contributed by atoms with Crippen LogP contribution in [0.25, 0.3) is 11.4 Å². The molecule has 0 N–H and O–H groups in total. The van der Waals surface area contributed by atoms with Crippen molar-refractivity contribution in [1.82, 2.24) is 9.97 Å². The number of rotatable bonds is 2. The van der Waals surface area contributed by atoms with Crippen molar-refractivity contribution in [3.05, 3.63) is 47.3 Å². The van der Waals surface area contributed by atoms with Gasteiger partial charge in [0.15, 0.2) is 11.6 Å². The summed E-state index contributed by atoms with van der Waals surface area (Å²) < 4.78 is 0. The number of carbonyl (C=O) groups is 1. The zero-order valence-corrected chi connectivity index (χ0v) is 10.2. The molecule has 1 aromatic carbocycles. The van der Waals surface area contributed by atoms with Gasteiger partial charge in [0.05, 0.1) is 11.3 Å². The smallest absolute Gasteiger partial charge is 0.163 e. The van der Waals surface area contributed by atoms with Crippen molar-refractivity contribution in [2.45, 2.75) is 20.8 Å². The van der Waals surface area contributed by atoms with Crippen molar-refractivity contribution in [3.8, 4) is 11.4 Å². The Bertz CT molecular complexity index is 576. The molecule has 86 valence electrons. The van der Waals surface area contributed by atoms with Gasteiger partial charge in [-0.15, -0.1) is 0 Å². The Morgan fingerprint density at radius 2 is 2.00 bits per heavy atom. The number of nitrogens with zero attached hydrogens (tertiary/aromatic N) is 2. The van der Waals surface area contributed by atoms with Crippen LogP contribution in [0.3, 0.4) is 0 Å². The molecule has 0 aliphatic carbocycles. The molecule has 3 nitrogen and oxygen atoms in total. The monoisotopic (exact) mass is 226 g/mol. The average Bonchev–Trinajstić information content (AvgIpc) is 2.28. The second-order valence-electron chi connectivity index (χ2n) is 4.12. The van der Waals surface area contributed by atoms with Gasteiger partial charge in [-0.25, -0.2) is 9.97 Å². The molecule has 0 aliphatic rings. The third-order valence-electron chi connectivity index (χ3n) is 2.63. The predicted molar refractivity (Wildman–Crippen MR) is 66.9 cm³/mol. The van der Waals surface area contributed by atoms with Gasteiger partial charge in [-0.1, -0.05) is 23.8 Å². The number of Topliss-reactive ketones (excluding diaryl/α,β-unsaturated/α-hetero) is 1. The summed E-state index contributed by atoms with van der Waals surface area (Å²) in [7, 11) is 0. The number of aryl methyl sites for hydroxylation is 2. The van der Waals surface area contributed by atoms with Gasteiger partial charge in [0.25, 0.3) is 0 Å². The first-order chi connectivity index (χ1) is 8.08. The first kappa shape index (κ1) is 11.5.